The summed E-state index contributed by atoms with van der Waals surface area (Å²) in [6, 6.07) is 14.8. The second-order valence-corrected chi connectivity index (χ2v) is 39.2. The molecule has 32 atom stereocenters. The molecule has 3 saturated carbocycles. The van der Waals surface area contributed by atoms with Gasteiger partial charge >= 0.3 is 71.7 Å². The summed E-state index contributed by atoms with van der Waals surface area (Å²) >= 11 is 12.3. The summed E-state index contributed by atoms with van der Waals surface area (Å²) in [5, 5.41) is 162. The van der Waals surface area contributed by atoms with Crippen molar-refractivity contribution in [3.8, 4) is 11.1 Å². The van der Waals surface area contributed by atoms with E-state index >= 15 is 0 Å². The van der Waals surface area contributed by atoms with Gasteiger partial charge in [-0.15, -0.1) is 0 Å². The fourth-order valence-electron chi connectivity index (χ4n) is 18.9. The number of esters is 1. The average Bonchev–Trinajstić information content (AvgIpc) is 1.60. The molecular formula is C88H110N14O40PS3+. The number of rotatable bonds is 28. The second kappa shape index (κ2) is 49.6. The molecule has 2 amide bonds. The summed E-state index contributed by atoms with van der Waals surface area (Å²) in [6.07, 6.45) is -23.2. The van der Waals surface area contributed by atoms with E-state index in [-0.39, 0.29) is 101 Å². The van der Waals surface area contributed by atoms with E-state index in [1.807, 2.05) is 76.2 Å². The number of nitrogens with one attached hydrogen (secondary N) is 3. The summed E-state index contributed by atoms with van der Waals surface area (Å²) in [6.45, 7) is 10.7. The van der Waals surface area contributed by atoms with Gasteiger partial charge in [0.05, 0.1) is 42.0 Å². The Balaban J connectivity index is 0.000000179. The Hall–Kier alpha value is -10.8. The van der Waals surface area contributed by atoms with E-state index in [9.17, 15) is 114 Å². The zero-order valence-electron chi connectivity index (χ0n) is 78.2. The average molecular weight is 2130 g/mol. The third kappa shape index (κ3) is 27.5. The number of anilines is 1. The first-order valence-electron chi connectivity index (χ1n) is 45.3. The van der Waals surface area contributed by atoms with Crippen LogP contribution < -0.4 is 27.7 Å². The number of nitrogens with two attached hydrogens (primary N) is 2. The summed E-state index contributed by atoms with van der Waals surface area (Å²) in [4.78, 5) is 162. The van der Waals surface area contributed by atoms with Crippen LogP contribution in [0.4, 0.5) is 10.7 Å². The standard InChI is InChI=1S/C31H36N6O12S.C21H21NO8.C11H16O4.C10H13N3O4.C9H13N3O6.C6H11NO6.PS2/c32-31-36-26-22(27(43)37-31)34-17(11-33-26)7-3-13-1-4-14(5-2-13)18(38)9-15(28(44)45)6-8-20(40)35-21(19(39)10-16(12-50)29(46)47)25-23(41)24(42)30(48)49-25;23-16-17(24)20(27)30-18(16)15(19(25)26)22-21(28)29-9-14-12-7-3-1-5-10(12)11-6-2-4-8-13(11)14;1-11(2)14-8-4-5-6(10(8)15-11)3-7(12)9(5)13;1-10(2)16-5-3-4-6(12-13-11)9(14)15-7(4)8(5)17-10;1-9(2)17-6-4(13)5(16-8(6)18-9)3(7(14)15)11-12-10;7-1(5(10)11)4-2(8)3(9)6(12)13-4;2-1-3/h1-2,4-5,11,15-16,21,23-25,30,41-42,48,50H,3,6-10,12H2,(H,35,40)(H,44,45)(H,46,47)(H3,32,33,36,37,43);1-8,14-18,20,23-24,27H,9H2,(H,22,28)(H,25,26);5-6,8-10,13H,3-4H2,1-2H3;4-8H,3H2,1-2H3;3-6,8,13H,1-2H3,(H,14,15);1-4,6,8-9,12H,7H2,(H,10,11);/q;;;;;;+1/t15-,16+,21+,23-,24-,25?,30+;15?,16-,17-,18?,20+;5-,6-,8-,9?,10+;4-,5+,6-,7+,8+;3-,4+,5-,6-,8-;1?,2-,3-,4?,6+;/m110111./s1. The van der Waals surface area contributed by atoms with Gasteiger partial charge in [0, 0.05) is 70.5 Å². The van der Waals surface area contributed by atoms with Crippen molar-refractivity contribution in [1.29, 1.82) is 0 Å². The number of carboxylic acid groups (broad SMARTS) is 5. The van der Waals surface area contributed by atoms with Crippen LogP contribution in [0.25, 0.3) is 43.2 Å². The third-order valence-corrected chi connectivity index (χ3v) is 26.3. The Morgan fingerprint density at radius 2 is 1.13 bits per heavy atom. The molecule has 794 valence electrons. The van der Waals surface area contributed by atoms with Gasteiger partial charge in [-0.2, -0.15) is 17.6 Å². The first-order valence-corrected chi connectivity index (χ1v) is 48.8. The number of nitrogens with zero attached hydrogens (tertiary/aromatic N) is 9. The minimum absolute atomic E-state index is 0.00565. The second-order valence-electron chi connectivity index (χ2n) is 36.9. The van der Waals surface area contributed by atoms with Gasteiger partial charge in [-0.05, 0) is 113 Å². The van der Waals surface area contributed by atoms with Gasteiger partial charge < -0.3 is 161 Å². The van der Waals surface area contributed by atoms with E-state index in [1.165, 1.54) is 18.3 Å². The van der Waals surface area contributed by atoms with Crippen molar-refractivity contribution in [2.45, 2.75) is 288 Å². The van der Waals surface area contributed by atoms with Crippen LogP contribution in [0.15, 0.2) is 94.0 Å². The van der Waals surface area contributed by atoms with Gasteiger partial charge in [0.25, 0.3) is 5.56 Å². The van der Waals surface area contributed by atoms with Crippen molar-refractivity contribution in [1.82, 2.24) is 30.6 Å². The van der Waals surface area contributed by atoms with Crippen LogP contribution in [-0.2, 0) is 136 Å². The number of aryl methyl sites for hydroxylation is 2. The molecule has 0 bridgehead atoms. The number of hydrogen-bond donors (Lipinski definition) is 22. The number of ketones is 3. The zero-order valence-corrected chi connectivity index (χ0v) is 81.6. The van der Waals surface area contributed by atoms with Crippen molar-refractivity contribution in [2.75, 3.05) is 18.1 Å². The van der Waals surface area contributed by atoms with Crippen molar-refractivity contribution < 1.29 is 191 Å². The van der Waals surface area contributed by atoms with Gasteiger partial charge in [-0.1, -0.05) is 83.0 Å². The molecule has 8 aliphatic heterocycles. The van der Waals surface area contributed by atoms with E-state index in [4.69, 9.17) is 100 Å². The van der Waals surface area contributed by atoms with Crippen LogP contribution in [0, 0.1) is 29.6 Å². The molecule has 8 saturated heterocycles. The number of H-pyrrole nitrogens is 1. The van der Waals surface area contributed by atoms with Crippen LogP contribution >= 0.6 is 18.8 Å². The molecule has 54 nitrogen and oxygen atoms in total. The van der Waals surface area contributed by atoms with Gasteiger partial charge in [0.15, 0.2) is 83.1 Å². The first-order chi connectivity index (χ1) is 68.8. The van der Waals surface area contributed by atoms with Gasteiger partial charge in [0.1, 0.15) is 116 Å². The minimum atomic E-state index is -1.89. The molecule has 4 aliphatic carbocycles. The molecule has 11 fully saturated rings. The Morgan fingerprint density at radius 1 is 0.596 bits per heavy atom. The number of benzene rings is 3. The Morgan fingerprint density at radius 3 is 1.65 bits per heavy atom. The Kier molecular flexibility index (Phi) is 39.2. The molecule has 0 spiro atoms. The molecule has 10 heterocycles. The normalized spacial score (nSPS) is 31.6. The van der Waals surface area contributed by atoms with Crippen LogP contribution in [0.2, 0.25) is 0 Å². The number of alkyl carbamates (subject to hydrolysis) is 1. The summed E-state index contributed by atoms with van der Waals surface area (Å²) < 4.78 is 64.1. The third-order valence-electron chi connectivity index (χ3n) is 25.8. The van der Waals surface area contributed by atoms with Gasteiger partial charge in [0.2, 0.25) is 11.9 Å². The van der Waals surface area contributed by atoms with Crippen molar-refractivity contribution in [3.05, 3.63) is 138 Å². The molecule has 23 N–H and O–H groups in total. The SMILES string of the molecule is CC1(C)O[C@@H]2[C@H]3CC(=O)C(O)[C@H]3C[C@@H]2O1.CC1(C)O[C@@H]2[C@H]3OC(=O)[C@H](N=[N+]=[N-])[C@H]3C[C@@H]2O1.CC1(C)O[C@H]2O[C@H]([C@@H](N=[N+]=[N-])C(=O)O)[C@H](O)[C@H]2O1.NC(C(=O)O)C1O[C@H](O)[C@H](O)[C@H]1O.Nc1nc2ncc(CCc3ccc(C(=O)C[C@@H](CCC(=O)N[C@@H](C(=O)C[C@@H](CS)C(=O)O)C4O[C@H](O)[C@H](O)[C@H]4O)C(=O)O)cc3)nc2c(=O)[nH]1.O=C(NC(C(=O)O)C1O[C@H](O)[C@H](O)[C@H]1O)OCC1c2ccccc2-c2ccccc21.S=[P+]=S. The number of Topliss-reactive ketones (excluding diaryl/α,β-unsaturated/α-hetero) is 3. The maximum absolute atomic E-state index is 13.0. The molecule has 5 aromatic rings. The topological polar surface area (TPSA) is 867 Å². The van der Waals surface area contributed by atoms with E-state index in [1.54, 1.807) is 26.0 Å². The number of amides is 2. The van der Waals surface area contributed by atoms with Crippen LogP contribution in [0.1, 0.15) is 125 Å². The Bertz CT molecular complexity index is 5760. The number of ether oxygens (including phenoxy) is 12. The molecule has 17 rings (SSSR count). The number of aromatic amines is 1. The number of azide groups is 2. The van der Waals surface area contributed by atoms with E-state index in [2.05, 4.69) is 91.6 Å². The number of hydrogen-bond acceptors (Lipinski definition) is 45. The summed E-state index contributed by atoms with van der Waals surface area (Å²) in [5.74, 6) is -14.7. The van der Waals surface area contributed by atoms with Crippen LogP contribution in [0.3, 0.4) is 0 Å². The predicted octanol–water partition coefficient (Wildman–Crippen LogP) is -1.65. The van der Waals surface area contributed by atoms with Crippen molar-refractivity contribution in [2.24, 2.45) is 45.6 Å². The van der Waals surface area contributed by atoms with Crippen molar-refractivity contribution >= 4 is 125 Å². The number of carbonyl (C=O) groups is 11. The molecule has 3 aromatic carbocycles. The molecule has 146 heavy (non-hydrogen) atoms. The number of aliphatic carboxylic acids is 5. The first kappa shape index (κ1) is 116. The molecule has 6 unspecified atom stereocenters. The van der Waals surface area contributed by atoms with Gasteiger partial charge in [-0.3, -0.25) is 52.9 Å². The summed E-state index contributed by atoms with van der Waals surface area (Å²) in [5.41, 5.74) is 32.8. The van der Waals surface area contributed by atoms with E-state index in [0.717, 1.165) is 34.2 Å². The Labute approximate surface area is 843 Å². The maximum atomic E-state index is 13.0. The van der Waals surface area contributed by atoms with Crippen LogP contribution in [0.5, 0.6) is 0 Å². The quantitative estimate of drug-likeness (QED) is 0.00507. The zero-order chi connectivity index (χ0) is 107. The molecule has 0 radical (unpaired) electrons. The number of aromatic nitrogens is 4. The van der Waals surface area contributed by atoms with Gasteiger partial charge in [-0.25, -0.2) is 19.6 Å². The molecule has 58 heteroatoms. The fourth-order valence-corrected chi connectivity index (χ4v) is 19.2. The fraction of sp³-hybridized carbons (Fsp3) is 0.602. The van der Waals surface area contributed by atoms with E-state index in [0.29, 0.717) is 37.5 Å². The van der Waals surface area contributed by atoms with Crippen molar-refractivity contribution in [3.63, 3.8) is 0 Å². The van der Waals surface area contributed by atoms with E-state index < -0.39 is 248 Å². The number of thiol groups is 1. The summed E-state index contributed by atoms with van der Waals surface area (Å²) in [7, 11) is 0. The predicted molar refractivity (Wildman–Crippen MR) is 499 cm³/mol. The molecule has 12 aliphatic rings. The number of aliphatic hydroxyl groups is 11. The molecule has 2 aromatic heterocycles. The monoisotopic (exact) mass is 2130 g/mol. The number of carboxylic acids is 5. The number of nitrogen functional groups attached to an aromatic ring is 1. The number of fused-ring (bicyclic) bond motifs is 11. The number of carbonyl (C=O) groups excluding carboxylic acids is 6. The van der Waals surface area contributed by atoms with Crippen LogP contribution in [-0.4, -0.2) is 362 Å². The molecular weight excluding hydrogens is 2020 g/mol. The number of aliphatic hydroxyl groups excluding tert-OH is 11.